The van der Waals surface area contributed by atoms with Crippen molar-refractivity contribution in [3.63, 3.8) is 0 Å². The maximum atomic E-state index is 11.0. The van der Waals surface area contributed by atoms with E-state index in [0.717, 1.165) is 10.6 Å². The van der Waals surface area contributed by atoms with Gasteiger partial charge in [-0.25, -0.2) is 0 Å². The number of hydrogen-bond donors (Lipinski definition) is 2. The zero-order valence-corrected chi connectivity index (χ0v) is 14.0. The first-order chi connectivity index (χ1) is 9.87. The molecule has 1 fully saturated rings. The Morgan fingerprint density at radius 2 is 2.14 bits per heavy atom. The normalized spacial score (nSPS) is 24.5. The Balaban J connectivity index is 2.04. The monoisotopic (exact) mass is 306 g/mol. The van der Waals surface area contributed by atoms with E-state index in [4.69, 9.17) is 5.73 Å². The van der Waals surface area contributed by atoms with Crippen molar-refractivity contribution in [2.45, 2.75) is 51.0 Å². The molecular formula is C17H26N2OS. The Morgan fingerprint density at radius 3 is 2.81 bits per heavy atom. The van der Waals surface area contributed by atoms with Crippen LogP contribution in [0.5, 0.6) is 0 Å². The molecular weight excluding hydrogens is 280 g/mol. The number of nitrogens with one attached hydrogen (secondary N) is 1. The molecule has 3 N–H and O–H groups in total. The number of carbonyl (C=O) groups excluding carboxylic acids is 1. The maximum Gasteiger partial charge on any atom is 0.227 e. The fourth-order valence-corrected chi connectivity index (χ4v) is 3.98. The summed E-state index contributed by atoms with van der Waals surface area (Å²) in [6, 6.07) is 8.69. The van der Waals surface area contributed by atoms with Crippen molar-refractivity contribution >= 4 is 23.4 Å². The van der Waals surface area contributed by atoms with Gasteiger partial charge in [0.2, 0.25) is 5.91 Å². The van der Waals surface area contributed by atoms with Gasteiger partial charge in [0, 0.05) is 16.6 Å². The number of primary amides is 1. The van der Waals surface area contributed by atoms with Crippen molar-refractivity contribution in [3.05, 3.63) is 24.3 Å². The van der Waals surface area contributed by atoms with Gasteiger partial charge in [0.1, 0.15) is 0 Å². The van der Waals surface area contributed by atoms with Crippen LogP contribution >= 0.6 is 11.8 Å². The number of carbonyl (C=O) groups is 1. The van der Waals surface area contributed by atoms with E-state index in [0.29, 0.717) is 23.1 Å². The van der Waals surface area contributed by atoms with Gasteiger partial charge in [-0.3, -0.25) is 4.79 Å². The first-order valence-corrected chi connectivity index (χ1v) is 8.63. The SMILES string of the molecule is CC1CC(C)(C)CCC1Nc1ccccc1SCC(N)=O. The maximum absolute atomic E-state index is 11.0. The van der Waals surface area contributed by atoms with Crippen LogP contribution in [0.1, 0.15) is 40.0 Å². The number of benzene rings is 1. The third-order valence-corrected chi connectivity index (χ3v) is 5.39. The first-order valence-electron chi connectivity index (χ1n) is 7.64. The van der Waals surface area contributed by atoms with Gasteiger partial charge in [0.25, 0.3) is 0 Å². The number of hydrogen-bond acceptors (Lipinski definition) is 3. The molecule has 0 bridgehead atoms. The number of nitrogens with two attached hydrogens (primary N) is 1. The summed E-state index contributed by atoms with van der Waals surface area (Å²) >= 11 is 1.51. The smallest absolute Gasteiger partial charge is 0.227 e. The van der Waals surface area contributed by atoms with E-state index in [-0.39, 0.29) is 5.91 Å². The molecule has 2 atom stereocenters. The van der Waals surface area contributed by atoms with E-state index in [1.165, 1.54) is 31.0 Å². The van der Waals surface area contributed by atoms with Gasteiger partial charge in [-0.2, -0.15) is 0 Å². The molecule has 1 aromatic carbocycles. The second kappa shape index (κ2) is 6.73. The lowest BCUT2D eigenvalue weighted by atomic mass is 9.70. The third kappa shape index (κ3) is 4.67. The summed E-state index contributed by atoms with van der Waals surface area (Å²) in [7, 11) is 0. The molecule has 1 amide bonds. The molecule has 2 rings (SSSR count). The highest BCUT2D eigenvalue weighted by molar-refractivity contribution is 8.00. The van der Waals surface area contributed by atoms with Crippen molar-refractivity contribution < 1.29 is 4.79 Å². The van der Waals surface area contributed by atoms with Crippen LogP contribution in [0, 0.1) is 11.3 Å². The van der Waals surface area contributed by atoms with Crippen molar-refractivity contribution in [2.75, 3.05) is 11.1 Å². The fourth-order valence-electron chi connectivity index (χ4n) is 3.22. The molecule has 1 aliphatic rings. The van der Waals surface area contributed by atoms with Crippen LogP contribution in [0.3, 0.4) is 0 Å². The fraction of sp³-hybridized carbons (Fsp3) is 0.588. The predicted octanol–water partition coefficient (Wildman–Crippen LogP) is 3.89. The van der Waals surface area contributed by atoms with Crippen molar-refractivity contribution in [3.8, 4) is 0 Å². The van der Waals surface area contributed by atoms with Gasteiger partial charge in [0.15, 0.2) is 0 Å². The zero-order valence-electron chi connectivity index (χ0n) is 13.2. The van der Waals surface area contributed by atoms with Gasteiger partial charge < -0.3 is 11.1 Å². The summed E-state index contributed by atoms with van der Waals surface area (Å²) in [6.07, 6.45) is 3.70. The number of amides is 1. The van der Waals surface area contributed by atoms with Crippen molar-refractivity contribution in [1.29, 1.82) is 0 Å². The molecule has 116 valence electrons. The summed E-state index contributed by atoms with van der Waals surface area (Å²) < 4.78 is 0. The van der Waals surface area contributed by atoms with E-state index >= 15 is 0 Å². The van der Waals surface area contributed by atoms with E-state index in [2.05, 4.69) is 32.2 Å². The summed E-state index contributed by atoms with van der Waals surface area (Å²) in [5.41, 5.74) is 6.83. The summed E-state index contributed by atoms with van der Waals surface area (Å²) in [5.74, 6) is 0.705. The largest absolute Gasteiger partial charge is 0.381 e. The lowest BCUT2D eigenvalue weighted by Gasteiger charge is -2.40. The topological polar surface area (TPSA) is 55.1 Å². The average Bonchev–Trinajstić information content (AvgIpc) is 2.40. The van der Waals surface area contributed by atoms with Crippen molar-refractivity contribution in [1.82, 2.24) is 0 Å². The average molecular weight is 306 g/mol. The number of rotatable bonds is 5. The molecule has 4 heteroatoms. The van der Waals surface area contributed by atoms with Gasteiger partial charge in [0.05, 0.1) is 5.75 Å². The number of anilines is 1. The van der Waals surface area contributed by atoms with Crippen LogP contribution in [0.2, 0.25) is 0 Å². The minimum Gasteiger partial charge on any atom is -0.381 e. The molecule has 0 aromatic heterocycles. The van der Waals surface area contributed by atoms with Gasteiger partial charge in [-0.1, -0.05) is 32.9 Å². The molecule has 1 aliphatic carbocycles. The molecule has 0 aliphatic heterocycles. The quantitative estimate of drug-likeness (QED) is 0.811. The number of para-hydroxylation sites is 1. The second-order valence-corrected chi connectivity index (χ2v) is 7.90. The highest BCUT2D eigenvalue weighted by Crippen LogP contribution is 2.40. The third-order valence-electron chi connectivity index (χ3n) is 4.29. The van der Waals surface area contributed by atoms with E-state index in [1.54, 1.807) is 0 Å². The van der Waals surface area contributed by atoms with Gasteiger partial charge >= 0.3 is 0 Å². The minimum absolute atomic E-state index is 0.275. The predicted molar refractivity (Wildman–Crippen MR) is 90.6 cm³/mol. The standard InChI is InChI=1S/C17H26N2OS/c1-12-10-17(2,3)9-8-13(12)19-14-6-4-5-7-15(14)21-11-16(18)20/h4-7,12-13,19H,8-11H2,1-3H3,(H2,18,20). The lowest BCUT2D eigenvalue weighted by Crippen LogP contribution is -2.37. The molecule has 1 saturated carbocycles. The highest BCUT2D eigenvalue weighted by Gasteiger charge is 2.32. The van der Waals surface area contributed by atoms with Crippen LogP contribution in [-0.4, -0.2) is 17.7 Å². The Kier molecular flexibility index (Phi) is 5.20. The highest BCUT2D eigenvalue weighted by atomic mass is 32.2. The van der Waals surface area contributed by atoms with E-state index in [1.807, 2.05) is 18.2 Å². The molecule has 0 heterocycles. The van der Waals surface area contributed by atoms with E-state index < -0.39 is 0 Å². The molecule has 1 aromatic rings. The van der Waals surface area contributed by atoms with Crippen LogP contribution in [-0.2, 0) is 4.79 Å². The molecule has 0 radical (unpaired) electrons. The number of thioether (sulfide) groups is 1. The van der Waals surface area contributed by atoms with Crippen LogP contribution in [0.4, 0.5) is 5.69 Å². The zero-order chi connectivity index (χ0) is 15.5. The van der Waals surface area contributed by atoms with Crippen LogP contribution < -0.4 is 11.1 Å². The summed E-state index contributed by atoms with van der Waals surface area (Å²) in [5, 5.41) is 3.69. The molecule has 0 saturated heterocycles. The van der Waals surface area contributed by atoms with Gasteiger partial charge in [-0.05, 0) is 42.7 Å². The Labute approximate surface area is 132 Å². The summed E-state index contributed by atoms with van der Waals surface area (Å²) in [6.45, 7) is 7.05. The Morgan fingerprint density at radius 1 is 1.43 bits per heavy atom. The Bertz CT molecular complexity index is 501. The first kappa shape index (κ1) is 16.2. The second-order valence-electron chi connectivity index (χ2n) is 6.89. The Hall–Kier alpha value is -1.16. The molecule has 3 nitrogen and oxygen atoms in total. The molecule has 21 heavy (non-hydrogen) atoms. The molecule has 0 spiro atoms. The van der Waals surface area contributed by atoms with E-state index in [9.17, 15) is 4.79 Å². The molecule has 2 unspecified atom stereocenters. The van der Waals surface area contributed by atoms with Crippen molar-refractivity contribution in [2.24, 2.45) is 17.1 Å². The van der Waals surface area contributed by atoms with Gasteiger partial charge in [-0.15, -0.1) is 11.8 Å². The lowest BCUT2D eigenvalue weighted by molar-refractivity contribution is -0.115. The minimum atomic E-state index is -0.275. The van der Waals surface area contributed by atoms with Crippen LogP contribution in [0.25, 0.3) is 0 Å². The van der Waals surface area contributed by atoms with Crippen LogP contribution in [0.15, 0.2) is 29.2 Å². The summed E-state index contributed by atoms with van der Waals surface area (Å²) in [4.78, 5) is 12.1.